The van der Waals surface area contributed by atoms with Crippen LogP contribution in [0.3, 0.4) is 0 Å². The average molecular weight is 250 g/mol. The first kappa shape index (κ1) is 14.8. The average Bonchev–Trinajstić information content (AvgIpc) is 2.25. The predicted octanol–water partition coefficient (Wildman–Crippen LogP) is 2.34. The number of carbonyl (C=O) groups is 2. The Hall–Kier alpha value is -0.160. The van der Waals surface area contributed by atoms with E-state index in [9.17, 15) is 9.59 Å². The molecule has 0 aliphatic rings. The molecule has 0 aromatic rings. The van der Waals surface area contributed by atoms with Gasteiger partial charge in [-0.05, 0) is 17.9 Å². The molecular weight excluding hydrogens is 232 g/mol. The monoisotopic (exact) mass is 250 g/mol. The van der Waals surface area contributed by atoms with Crippen LogP contribution in [0.1, 0.15) is 26.7 Å². The maximum absolute atomic E-state index is 11.7. The van der Waals surface area contributed by atoms with Crippen molar-refractivity contribution < 1.29 is 14.3 Å². The van der Waals surface area contributed by atoms with Gasteiger partial charge in [-0.3, -0.25) is 0 Å². The molecule has 0 saturated heterocycles. The maximum Gasteiger partial charge on any atom is 0.332 e. The Morgan fingerprint density at radius 3 is 2.20 bits per heavy atom. The fourth-order valence-corrected chi connectivity index (χ4v) is 4.18. The summed E-state index contributed by atoms with van der Waals surface area (Å²) in [6.45, 7) is 4.00. The quantitative estimate of drug-likeness (QED) is 0.376. The summed E-state index contributed by atoms with van der Waals surface area (Å²) < 4.78 is 4.22. The molecular formula is C10H18O3S2. The van der Waals surface area contributed by atoms with E-state index in [2.05, 4.69) is 0 Å². The minimum atomic E-state index is -0.598. The smallest absolute Gasteiger partial charge is 0.332 e. The van der Waals surface area contributed by atoms with Crippen LogP contribution in [0, 0.1) is 0 Å². The predicted molar refractivity (Wildman–Crippen MR) is 66.3 cm³/mol. The zero-order valence-corrected chi connectivity index (χ0v) is 11.1. The molecule has 0 saturated carbocycles. The zero-order valence-electron chi connectivity index (χ0n) is 9.45. The van der Waals surface area contributed by atoms with Gasteiger partial charge in [-0.2, -0.15) is 0 Å². The van der Waals surface area contributed by atoms with Crippen LogP contribution >= 0.6 is 23.5 Å². The Morgan fingerprint density at radius 1 is 1.33 bits per heavy atom. The summed E-state index contributed by atoms with van der Waals surface area (Å²) in [5.74, 6) is 1.44. The molecule has 15 heavy (non-hydrogen) atoms. The number of thioether (sulfide) groups is 2. The highest BCUT2D eigenvalue weighted by Gasteiger charge is 2.39. The second-order valence-corrected chi connectivity index (χ2v) is 6.20. The molecule has 5 heteroatoms. The van der Waals surface area contributed by atoms with Crippen molar-refractivity contribution in [3.05, 3.63) is 0 Å². The van der Waals surface area contributed by atoms with Crippen molar-refractivity contribution in [2.24, 2.45) is 0 Å². The van der Waals surface area contributed by atoms with Crippen molar-refractivity contribution in [2.45, 2.75) is 30.8 Å². The van der Waals surface area contributed by atoms with E-state index in [1.54, 1.807) is 23.5 Å². The SMILES string of the molecule is CCSC(CCC=O)(SCC)C(=O)OC. The highest BCUT2D eigenvalue weighted by Crippen LogP contribution is 2.42. The lowest BCUT2D eigenvalue weighted by atomic mass is 10.2. The second-order valence-electron chi connectivity index (χ2n) is 2.82. The van der Waals surface area contributed by atoms with Crippen LogP contribution in [0.15, 0.2) is 0 Å². The van der Waals surface area contributed by atoms with Gasteiger partial charge in [-0.15, -0.1) is 23.5 Å². The van der Waals surface area contributed by atoms with Gasteiger partial charge in [0.05, 0.1) is 7.11 Å². The summed E-state index contributed by atoms with van der Waals surface area (Å²) in [7, 11) is 1.39. The first-order valence-electron chi connectivity index (χ1n) is 4.96. The van der Waals surface area contributed by atoms with Crippen molar-refractivity contribution in [2.75, 3.05) is 18.6 Å². The standard InChI is InChI=1S/C10H18O3S2/c1-4-14-10(15-5-2,7-6-8-11)9(12)13-3/h8H,4-7H2,1-3H3. The second kappa shape index (κ2) is 8.05. The largest absolute Gasteiger partial charge is 0.467 e. The van der Waals surface area contributed by atoms with Gasteiger partial charge >= 0.3 is 5.97 Å². The lowest BCUT2D eigenvalue weighted by Gasteiger charge is -2.28. The van der Waals surface area contributed by atoms with Gasteiger partial charge in [0.15, 0.2) is 4.08 Å². The van der Waals surface area contributed by atoms with E-state index in [-0.39, 0.29) is 5.97 Å². The number of ether oxygens (including phenoxy) is 1. The Kier molecular flexibility index (Phi) is 7.96. The van der Waals surface area contributed by atoms with E-state index >= 15 is 0 Å². The molecule has 0 aliphatic heterocycles. The number of hydrogen-bond acceptors (Lipinski definition) is 5. The molecule has 0 aromatic heterocycles. The highest BCUT2D eigenvalue weighted by atomic mass is 32.2. The van der Waals surface area contributed by atoms with E-state index in [4.69, 9.17) is 4.74 Å². The number of esters is 1. The third-order valence-electron chi connectivity index (χ3n) is 1.84. The molecule has 0 unspecified atom stereocenters. The molecule has 0 heterocycles. The van der Waals surface area contributed by atoms with Gasteiger partial charge in [0.1, 0.15) is 6.29 Å². The molecule has 0 atom stereocenters. The van der Waals surface area contributed by atoms with Crippen molar-refractivity contribution in [3.8, 4) is 0 Å². The number of carbonyl (C=O) groups excluding carboxylic acids is 2. The summed E-state index contributed by atoms with van der Waals surface area (Å²) in [4.78, 5) is 22.1. The minimum absolute atomic E-state index is 0.233. The summed E-state index contributed by atoms with van der Waals surface area (Å²) >= 11 is 3.10. The molecule has 0 aromatic carbocycles. The molecule has 0 bridgehead atoms. The molecule has 0 rings (SSSR count). The third-order valence-corrected chi connectivity index (χ3v) is 4.80. The fourth-order valence-electron chi connectivity index (χ4n) is 1.28. The van der Waals surface area contributed by atoms with E-state index in [0.717, 1.165) is 17.8 Å². The van der Waals surface area contributed by atoms with Crippen molar-refractivity contribution >= 4 is 35.8 Å². The fraction of sp³-hybridized carbons (Fsp3) is 0.800. The lowest BCUT2D eigenvalue weighted by molar-refractivity contribution is -0.141. The Balaban J connectivity index is 4.69. The Bertz CT molecular complexity index is 201. The van der Waals surface area contributed by atoms with Crippen LogP contribution < -0.4 is 0 Å². The Morgan fingerprint density at radius 2 is 1.87 bits per heavy atom. The van der Waals surface area contributed by atoms with E-state index in [1.807, 2.05) is 13.8 Å². The number of rotatable bonds is 8. The molecule has 0 radical (unpaired) electrons. The van der Waals surface area contributed by atoms with Gasteiger partial charge in [-0.25, -0.2) is 4.79 Å². The third kappa shape index (κ3) is 4.47. The van der Waals surface area contributed by atoms with Crippen LogP contribution in [-0.4, -0.2) is 35.0 Å². The van der Waals surface area contributed by atoms with Crippen molar-refractivity contribution in [1.82, 2.24) is 0 Å². The zero-order chi connectivity index (χ0) is 11.7. The van der Waals surface area contributed by atoms with E-state index in [1.165, 1.54) is 7.11 Å². The summed E-state index contributed by atoms with van der Waals surface area (Å²) in [5, 5.41) is 0. The summed E-state index contributed by atoms with van der Waals surface area (Å²) in [6.07, 6.45) is 1.79. The number of hydrogen-bond donors (Lipinski definition) is 0. The summed E-state index contributed by atoms with van der Waals surface area (Å²) in [5.41, 5.74) is 0. The van der Waals surface area contributed by atoms with Crippen molar-refractivity contribution in [3.63, 3.8) is 0 Å². The van der Waals surface area contributed by atoms with Gasteiger partial charge in [0, 0.05) is 6.42 Å². The first-order chi connectivity index (χ1) is 7.16. The number of aldehydes is 1. The van der Waals surface area contributed by atoms with Gasteiger partial charge in [0.2, 0.25) is 0 Å². The Labute approximate surface area is 99.7 Å². The van der Waals surface area contributed by atoms with Crippen LogP contribution in [0.2, 0.25) is 0 Å². The van der Waals surface area contributed by atoms with Crippen LogP contribution in [0.4, 0.5) is 0 Å². The van der Waals surface area contributed by atoms with E-state index in [0.29, 0.717) is 12.8 Å². The minimum Gasteiger partial charge on any atom is -0.467 e. The van der Waals surface area contributed by atoms with E-state index < -0.39 is 4.08 Å². The maximum atomic E-state index is 11.7. The van der Waals surface area contributed by atoms with Crippen LogP contribution in [0.5, 0.6) is 0 Å². The topological polar surface area (TPSA) is 43.4 Å². The highest BCUT2D eigenvalue weighted by molar-refractivity contribution is 8.19. The van der Waals surface area contributed by atoms with Gasteiger partial charge in [0.25, 0.3) is 0 Å². The molecule has 0 N–H and O–H groups in total. The molecule has 0 fully saturated rings. The summed E-state index contributed by atoms with van der Waals surface area (Å²) in [6, 6.07) is 0. The molecule has 0 spiro atoms. The normalized spacial score (nSPS) is 11.1. The van der Waals surface area contributed by atoms with Crippen molar-refractivity contribution in [1.29, 1.82) is 0 Å². The molecule has 88 valence electrons. The van der Waals surface area contributed by atoms with Crippen LogP contribution in [-0.2, 0) is 14.3 Å². The van der Waals surface area contributed by atoms with Gasteiger partial charge < -0.3 is 9.53 Å². The number of methoxy groups -OCH3 is 1. The molecule has 0 aliphatic carbocycles. The van der Waals surface area contributed by atoms with Gasteiger partial charge in [-0.1, -0.05) is 13.8 Å². The molecule has 3 nitrogen and oxygen atoms in total. The lowest BCUT2D eigenvalue weighted by Crippen LogP contribution is -2.33. The molecule has 0 amide bonds. The first-order valence-corrected chi connectivity index (χ1v) is 6.94. The van der Waals surface area contributed by atoms with Crippen LogP contribution in [0.25, 0.3) is 0 Å².